The Morgan fingerprint density at radius 1 is 0.962 bits per heavy atom. The first-order chi connectivity index (χ1) is 12.6. The second kappa shape index (κ2) is 8.52. The van der Waals surface area contributed by atoms with Crippen molar-refractivity contribution < 1.29 is 9.53 Å². The number of ether oxygens (including phenoxy) is 1. The number of fused-ring (bicyclic) bond motifs is 1. The Balaban J connectivity index is 1.51. The molecule has 0 aromatic heterocycles. The molecular weight excluding hydrogens is 322 g/mol. The molecule has 0 spiro atoms. The van der Waals surface area contributed by atoms with Gasteiger partial charge in [-0.2, -0.15) is 0 Å². The SMILES string of the molecule is CC(C)Oc1ccc(CNC(=O)CCc2cccc3ccccc23)cc1. The molecule has 26 heavy (non-hydrogen) atoms. The van der Waals surface area contributed by atoms with Crippen molar-refractivity contribution in [2.75, 3.05) is 0 Å². The first kappa shape index (κ1) is 18.0. The second-order valence-electron chi connectivity index (χ2n) is 6.73. The molecule has 0 bridgehead atoms. The lowest BCUT2D eigenvalue weighted by molar-refractivity contribution is -0.121. The van der Waals surface area contributed by atoms with Gasteiger partial charge in [0.15, 0.2) is 0 Å². The maximum absolute atomic E-state index is 12.2. The zero-order chi connectivity index (χ0) is 18.4. The van der Waals surface area contributed by atoms with Crippen LogP contribution in [-0.4, -0.2) is 12.0 Å². The average molecular weight is 347 g/mol. The van der Waals surface area contributed by atoms with Gasteiger partial charge in [-0.3, -0.25) is 4.79 Å². The summed E-state index contributed by atoms with van der Waals surface area (Å²) in [6, 6.07) is 22.4. The van der Waals surface area contributed by atoms with Crippen molar-refractivity contribution in [2.45, 2.75) is 39.3 Å². The molecule has 3 aromatic rings. The van der Waals surface area contributed by atoms with Gasteiger partial charge in [0, 0.05) is 13.0 Å². The minimum atomic E-state index is 0.0699. The van der Waals surface area contributed by atoms with Crippen LogP contribution in [0.25, 0.3) is 10.8 Å². The molecular formula is C23H25NO2. The third-order valence-corrected chi connectivity index (χ3v) is 4.29. The van der Waals surface area contributed by atoms with E-state index in [1.807, 2.05) is 50.2 Å². The highest BCUT2D eigenvalue weighted by Gasteiger charge is 2.06. The van der Waals surface area contributed by atoms with E-state index in [2.05, 4.69) is 35.6 Å². The van der Waals surface area contributed by atoms with E-state index in [0.29, 0.717) is 13.0 Å². The number of benzene rings is 3. The van der Waals surface area contributed by atoms with Crippen LogP contribution in [-0.2, 0) is 17.8 Å². The lowest BCUT2D eigenvalue weighted by Gasteiger charge is -2.11. The first-order valence-electron chi connectivity index (χ1n) is 9.11. The first-order valence-corrected chi connectivity index (χ1v) is 9.11. The summed E-state index contributed by atoms with van der Waals surface area (Å²) in [5.74, 6) is 0.923. The second-order valence-corrected chi connectivity index (χ2v) is 6.73. The summed E-state index contributed by atoms with van der Waals surface area (Å²) in [5, 5.41) is 5.44. The summed E-state index contributed by atoms with van der Waals surface area (Å²) in [6.07, 6.45) is 1.39. The molecule has 0 saturated heterocycles. The largest absolute Gasteiger partial charge is 0.491 e. The van der Waals surface area contributed by atoms with Gasteiger partial charge >= 0.3 is 0 Å². The molecule has 0 aliphatic carbocycles. The molecule has 3 rings (SSSR count). The zero-order valence-electron chi connectivity index (χ0n) is 15.4. The van der Waals surface area contributed by atoms with E-state index < -0.39 is 0 Å². The molecule has 134 valence electrons. The predicted octanol–water partition coefficient (Wildman–Crippen LogP) is 4.88. The Morgan fingerprint density at radius 3 is 2.46 bits per heavy atom. The zero-order valence-corrected chi connectivity index (χ0v) is 15.4. The van der Waals surface area contributed by atoms with E-state index in [9.17, 15) is 4.79 Å². The van der Waals surface area contributed by atoms with Gasteiger partial charge in [-0.05, 0) is 54.3 Å². The average Bonchev–Trinajstić information content (AvgIpc) is 2.65. The fourth-order valence-corrected chi connectivity index (χ4v) is 3.01. The van der Waals surface area contributed by atoms with E-state index >= 15 is 0 Å². The lowest BCUT2D eigenvalue weighted by Crippen LogP contribution is -2.23. The van der Waals surface area contributed by atoms with Crippen LogP contribution in [0.5, 0.6) is 5.75 Å². The van der Waals surface area contributed by atoms with Crippen molar-refractivity contribution in [3.05, 3.63) is 77.9 Å². The van der Waals surface area contributed by atoms with Crippen LogP contribution in [0.3, 0.4) is 0 Å². The van der Waals surface area contributed by atoms with E-state index in [1.165, 1.54) is 16.3 Å². The fourth-order valence-electron chi connectivity index (χ4n) is 3.01. The normalized spacial score (nSPS) is 10.9. The summed E-state index contributed by atoms with van der Waals surface area (Å²) >= 11 is 0. The van der Waals surface area contributed by atoms with Gasteiger partial charge in [0.1, 0.15) is 5.75 Å². The summed E-state index contributed by atoms with van der Waals surface area (Å²) in [6.45, 7) is 4.55. The van der Waals surface area contributed by atoms with Crippen molar-refractivity contribution >= 4 is 16.7 Å². The summed E-state index contributed by atoms with van der Waals surface area (Å²) < 4.78 is 5.63. The fraction of sp³-hybridized carbons (Fsp3) is 0.261. The highest BCUT2D eigenvalue weighted by molar-refractivity contribution is 5.86. The number of rotatable bonds is 7. The maximum Gasteiger partial charge on any atom is 0.220 e. The van der Waals surface area contributed by atoms with Crippen molar-refractivity contribution in [2.24, 2.45) is 0 Å². The molecule has 0 aliphatic rings. The van der Waals surface area contributed by atoms with Crippen molar-refractivity contribution in [3.63, 3.8) is 0 Å². The van der Waals surface area contributed by atoms with Crippen LogP contribution in [0.15, 0.2) is 66.7 Å². The number of nitrogens with one attached hydrogen (secondary N) is 1. The van der Waals surface area contributed by atoms with Crippen molar-refractivity contribution in [3.8, 4) is 5.75 Å². The van der Waals surface area contributed by atoms with Gasteiger partial charge < -0.3 is 10.1 Å². The van der Waals surface area contributed by atoms with E-state index in [4.69, 9.17) is 4.74 Å². The third-order valence-electron chi connectivity index (χ3n) is 4.29. The standard InChI is InChI=1S/C23H25NO2/c1-17(2)26-21-13-10-18(11-14-21)16-24-23(25)15-12-20-8-5-7-19-6-3-4-9-22(19)20/h3-11,13-14,17H,12,15-16H2,1-2H3,(H,24,25). The van der Waals surface area contributed by atoms with Crippen LogP contribution >= 0.6 is 0 Å². The minimum absolute atomic E-state index is 0.0699. The van der Waals surface area contributed by atoms with Crippen molar-refractivity contribution in [1.29, 1.82) is 0 Å². The Labute approximate surface area is 155 Å². The summed E-state index contributed by atoms with van der Waals surface area (Å²) in [5.41, 5.74) is 2.29. The molecule has 3 aromatic carbocycles. The number of amides is 1. The van der Waals surface area contributed by atoms with Crippen LogP contribution in [0.4, 0.5) is 0 Å². The topological polar surface area (TPSA) is 38.3 Å². The van der Waals surface area contributed by atoms with E-state index in [0.717, 1.165) is 17.7 Å². The van der Waals surface area contributed by atoms with E-state index in [1.54, 1.807) is 0 Å². The van der Waals surface area contributed by atoms with Crippen molar-refractivity contribution in [1.82, 2.24) is 5.32 Å². The third kappa shape index (κ3) is 4.85. The van der Waals surface area contributed by atoms with Gasteiger partial charge in [-0.25, -0.2) is 0 Å². The summed E-state index contributed by atoms with van der Waals surface area (Å²) in [7, 11) is 0. The summed E-state index contributed by atoms with van der Waals surface area (Å²) in [4.78, 5) is 12.2. The Bertz CT molecular complexity index is 864. The highest BCUT2D eigenvalue weighted by Crippen LogP contribution is 2.19. The molecule has 0 aliphatic heterocycles. The van der Waals surface area contributed by atoms with Gasteiger partial charge in [0.05, 0.1) is 6.10 Å². The molecule has 0 fully saturated rings. The van der Waals surface area contributed by atoms with Gasteiger partial charge in [0.25, 0.3) is 0 Å². The maximum atomic E-state index is 12.2. The smallest absolute Gasteiger partial charge is 0.220 e. The number of aryl methyl sites for hydroxylation is 1. The van der Waals surface area contributed by atoms with Gasteiger partial charge in [-0.15, -0.1) is 0 Å². The predicted molar refractivity (Wildman–Crippen MR) is 106 cm³/mol. The van der Waals surface area contributed by atoms with E-state index in [-0.39, 0.29) is 12.0 Å². The van der Waals surface area contributed by atoms with Crippen LogP contribution in [0.1, 0.15) is 31.4 Å². The molecule has 0 saturated carbocycles. The van der Waals surface area contributed by atoms with Crippen LogP contribution in [0, 0.1) is 0 Å². The number of carbonyl (C=O) groups is 1. The Kier molecular flexibility index (Phi) is 5.90. The molecule has 0 unspecified atom stereocenters. The Hall–Kier alpha value is -2.81. The number of carbonyl (C=O) groups excluding carboxylic acids is 1. The number of hydrogen-bond donors (Lipinski definition) is 1. The molecule has 0 atom stereocenters. The molecule has 3 nitrogen and oxygen atoms in total. The molecule has 0 radical (unpaired) electrons. The molecule has 0 heterocycles. The van der Waals surface area contributed by atoms with Crippen LogP contribution in [0.2, 0.25) is 0 Å². The van der Waals surface area contributed by atoms with Gasteiger partial charge in [-0.1, -0.05) is 54.6 Å². The quantitative estimate of drug-likeness (QED) is 0.662. The van der Waals surface area contributed by atoms with Gasteiger partial charge in [0.2, 0.25) is 5.91 Å². The molecule has 3 heteroatoms. The number of hydrogen-bond acceptors (Lipinski definition) is 2. The highest BCUT2D eigenvalue weighted by atomic mass is 16.5. The molecule has 1 amide bonds. The Morgan fingerprint density at radius 2 is 1.69 bits per heavy atom. The monoisotopic (exact) mass is 347 g/mol. The lowest BCUT2D eigenvalue weighted by atomic mass is 10.0. The minimum Gasteiger partial charge on any atom is -0.491 e. The molecule has 1 N–H and O–H groups in total. The van der Waals surface area contributed by atoms with Crippen LogP contribution < -0.4 is 10.1 Å².